The van der Waals surface area contributed by atoms with Crippen LogP contribution >= 0.6 is 22.9 Å². The second-order valence-electron chi connectivity index (χ2n) is 7.42. The zero-order chi connectivity index (χ0) is 23.3. The summed E-state index contributed by atoms with van der Waals surface area (Å²) in [5, 5.41) is 6.60. The van der Waals surface area contributed by atoms with Crippen molar-refractivity contribution in [2.45, 2.75) is 30.9 Å². The van der Waals surface area contributed by atoms with E-state index >= 15 is 0 Å². The monoisotopic (exact) mass is 498 g/mol. The number of sulfonamides is 1. The lowest BCUT2D eigenvalue weighted by Gasteiger charge is -2.31. The van der Waals surface area contributed by atoms with Crippen LogP contribution in [0.25, 0.3) is 0 Å². The van der Waals surface area contributed by atoms with Crippen molar-refractivity contribution < 1.29 is 18.0 Å². The average Bonchev–Trinajstić information content (AvgIpc) is 3.24. The quantitative estimate of drug-likeness (QED) is 0.594. The third kappa shape index (κ3) is 5.80. The lowest BCUT2D eigenvalue weighted by Crippen LogP contribution is -2.45. The Morgan fingerprint density at radius 1 is 1.19 bits per heavy atom. The third-order valence-electron chi connectivity index (χ3n) is 5.28. The molecule has 8 nitrogen and oxygen atoms in total. The first-order valence-electron chi connectivity index (χ1n) is 10.5. The fourth-order valence-corrected chi connectivity index (χ4v) is 6.59. The Balaban J connectivity index is 1.61. The van der Waals surface area contributed by atoms with Crippen LogP contribution in [0, 0.1) is 5.92 Å². The zero-order valence-electron chi connectivity index (χ0n) is 18.0. The van der Waals surface area contributed by atoms with Crippen LogP contribution in [0.15, 0.2) is 40.6 Å². The number of amides is 3. The SMILES string of the molecule is CCN(CC)S(=O)(=O)c1ccc(NC(=O)N2CCC[C@H](C(=O)Nc3cccc(Cl)c3)C2)s1. The Morgan fingerprint density at radius 3 is 2.62 bits per heavy atom. The van der Waals surface area contributed by atoms with Crippen molar-refractivity contribution >= 4 is 55.6 Å². The highest BCUT2D eigenvalue weighted by atomic mass is 35.5. The molecule has 1 aromatic heterocycles. The van der Waals surface area contributed by atoms with E-state index in [9.17, 15) is 18.0 Å². The van der Waals surface area contributed by atoms with Crippen molar-refractivity contribution in [1.82, 2.24) is 9.21 Å². The van der Waals surface area contributed by atoms with Gasteiger partial charge in [0, 0.05) is 36.9 Å². The Bertz CT molecular complexity index is 1070. The van der Waals surface area contributed by atoms with Gasteiger partial charge in [0.15, 0.2) is 0 Å². The average molecular weight is 499 g/mol. The summed E-state index contributed by atoms with van der Waals surface area (Å²) in [7, 11) is -3.57. The highest BCUT2D eigenvalue weighted by Gasteiger charge is 2.29. The number of nitrogens with one attached hydrogen (secondary N) is 2. The summed E-state index contributed by atoms with van der Waals surface area (Å²) in [6.07, 6.45) is 1.38. The van der Waals surface area contributed by atoms with Gasteiger partial charge >= 0.3 is 6.03 Å². The van der Waals surface area contributed by atoms with Crippen LogP contribution in [0.5, 0.6) is 0 Å². The first kappa shape index (κ1) is 24.5. The molecule has 1 fully saturated rings. The Labute approximate surface area is 197 Å². The van der Waals surface area contributed by atoms with Gasteiger partial charge in [-0.2, -0.15) is 4.31 Å². The number of rotatable bonds is 7. The van der Waals surface area contributed by atoms with Crippen LogP contribution in [0.4, 0.5) is 15.5 Å². The van der Waals surface area contributed by atoms with Crippen LogP contribution in [0.2, 0.25) is 5.02 Å². The molecule has 11 heteroatoms. The maximum absolute atomic E-state index is 12.8. The highest BCUT2D eigenvalue weighted by molar-refractivity contribution is 7.91. The van der Waals surface area contributed by atoms with Gasteiger partial charge in [-0.25, -0.2) is 13.2 Å². The molecule has 2 aromatic rings. The molecule has 2 N–H and O–H groups in total. The van der Waals surface area contributed by atoms with E-state index in [0.717, 1.165) is 11.3 Å². The molecule has 1 aliphatic heterocycles. The topological polar surface area (TPSA) is 98.8 Å². The molecule has 3 rings (SSSR count). The summed E-state index contributed by atoms with van der Waals surface area (Å²) in [5.41, 5.74) is 0.615. The van der Waals surface area contributed by atoms with Gasteiger partial charge in [-0.15, -0.1) is 11.3 Å². The van der Waals surface area contributed by atoms with Crippen molar-refractivity contribution in [2.24, 2.45) is 5.92 Å². The first-order valence-corrected chi connectivity index (χ1v) is 13.1. The highest BCUT2D eigenvalue weighted by Crippen LogP contribution is 2.29. The smallest absolute Gasteiger partial charge is 0.322 e. The number of anilines is 2. The number of likely N-dealkylation sites (tertiary alicyclic amines) is 1. The van der Waals surface area contributed by atoms with Crippen LogP contribution in [0.3, 0.4) is 0 Å². The predicted molar refractivity (Wildman–Crippen MR) is 128 cm³/mol. The minimum Gasteiger partial charge on any atom is -0.326 e. The van der Waals surface area contributed by atoms with Crippen molar-refractivity contribution in [1.29, 1.82) is 0 Å². The summed E-state index contributed by atoms with van der Waals surface area (Å²) in [4.78, 5) is 27.0. The second-order valence-corrected chi connectivity index (χ2v) is 11.1. The predicted octanol–water partition coefficient (Wildman–Crippen LogP) is 4.31. The number of carbonyl (C=O) groups is 2. The molecule has 0 spiro atoms. The van der Waals surface area contributed by atoms with Gasteiger partial charge in [0.05, 0.1) is 10.9 Å². The molecular formula is C21H27ClN4O4S2. The molecule has 2 heterocycles. The molecule has 1 aliphatic rings. The number of hydrogen-bond donors (Lipinski definition) is 2. The maximum atomic E-state index is 12.8. The summed E-state index contributed by atoms with van der Waals surface area (Å²) in [6, 6.07) is 9.67. The summed E-state index contributed by atoms with van der Waals surface area (Å²) in [5.74, 6) is -0.496. The number of hydrogen-bond acceptors (Lipinski definition) is 5. The molecular weight excluding hydrogens is 472 g/mol. The Kier molecular flexibility index (Phi) is 8.16. The van der Waals surface area contributed by atoms with Crippen LogP contribution < -0.4 is 10.6 Å². The molecule has 174 valence electrons. The number of urea groups is 1. The van der Waals surface area contributed by atoms with Crippen molar-refractivity contribution in [3.8, 4) is 0 Å². The summed E-state index contributed by atoms with van der Waals surface area (Å²) >= 11 is 6.99. The molecule has 1 atom stereocenters. The fourth-order valence-electron chi connectivity index (χ4n) is 3.59. The Morgan fingerprint density at radius 2 is 1.94 bits per heavy atom. The number of nitrogens with zero attached hydrogens (tertiary/aromatic N) is 2. The van der Waals surface area contributed by atoms with Crippen LogP contribution in [-0.2, 0) is 14.8 Å². The molecule has 3 amide bonds. The van der Waals surface area contributed by atoms with E-state index < -0.39 is 10.0 Å². The van der Waals surface area contributed by atoms with E-state index in [2.05, 4.69) is 10.6 Å². The van der Waals surface area contributed by atoms with E-state index in [4.69, 9.17) is 11.6 Å². The largest absolute Gasteiger partial charge is 0.326 e. The molecule has 0 radical (unpaired) electrons. The van der Waals surface area contributed by atoms with Gasteiger partial charge in [-0.1, -0.05) is 31.5 Å². The normalized spacial score (nSPS) is 16.8. The van der Waals surface area contributed by atoms with E-state index in [1.165, 1.54) is 10.4 Å². The molecule has 0 saturated carbocycles. The lowest BCUT2D eigenvalue weighted by atomic mass is 9.97. The second kappa shape index (κ2) is 10.7. The van der Waals surface area contributed by atoms with Gasteiger partial charge in [0.2, 0.25) is 5.91 Å². The fraction of sp³-hybridized carbons (Fsp3) is 0.429. The van der Waals surface area contributed by atoms with Gasteiger partial charge < -0.3 is 10.2 Å². The number of benzene rings is 1. The third-order valence-corrected chi connectivity index (χ3v) is 9.04. The Hall–Kier alpha value is -2.14. The maximum Gasteiger partial charge on any atom is 0.322 e. The van der Waals surface area contributed by atoms with Crippen molar-refractivity contribution in [2.75, 3.05) is 36.8 Å². The molecule has 0 aliphatic carbocycles. The van der Waals surface area contributed by atoms with Gasteiger partial charge in [0.25, 0.3) is 10.0 Å². The van der Waals surface area contributed by atoms with Gasteiger partial charge in [0.1, 0.15) is 4.21 Å². The van der Waals surface area contributed by atoms with E-state index in [-0.39, 0.29) is 28.6 Å². The minimum absolute atomic E-state index is 0.159. The zero-order valence-corrected chi connectivity index (χ0v) is 20.4. The molecule has 0 unspecified atom stereocenters. The van der Waals surface area contributed by atoms with E-state index in [1.54, 1.807) is 49.1 Å². The first-order chi connectivity index (χ1) is 15.2. The van der Waals surface area contributed by atoms with E-state index in [1.807, 2.05) is 0 Å². The molecule has 1 aromatic carbocycles. The lowest BCUT2D eigenvalue weighted by molar-refractivity contribution is -0.121. The van der Waals surface area contributed by atoms with Gasteiger partial charge in [-0.3, -0.25) is 10.1 Å². The molecule has 32 heavy (non-hydrogen) atoms. The summed E-state index contributed by atoms with van der Waals surface area (Å²) in [6.45, 7) is 5.14. The standard InChI is InChI=1S/C21H27ClN4O4S2/c1-3-26(4-2)32(29,30)19-11-10-18(31-19)24-21(28)25-12-6-7-15(14-25)20(27)23-17-9-5-8-16(22)13-17/h5,8-11,13,15H,3-4,6-7,12,14H2,1-2H3,(H,23,27)(H,24,28)/t15-/m0/s1. The number of piperidine rings is 1. The van der Waals surface area contributed by atoms with Gasteiger partial charge in [-0.05, 0) is 43.2 Å². The van der Waals surface area contributed by atoms with Crippen molar-refractivity contribution in [3.63, 3.8) is 0 Å². The summed E-state index contributed by atoms with van der Waals surface area (Å²) < 4.78 is 26.9. The number of carbonyl (C=O) groups excluding carboxylic acids is 2. The van der Waals surface area contributed by atoms with E-state index in [0.29, 0.717) is 48.2 Å². The number of halogens is 1. The molecule has 0 bridgehead atoms. The van der Waals surface area contributed by atoms with Crippen LogP contribution in [-0.4, -0.2) is 55.7 Å². The number of thiophene rings is 1. The minimum atomic E-state index is -3.57. The van der Waals surface area contributed by atoms with Crippen LogP contribution in [0.1, 0.15) is 26.7 Å². The molecule has 1 saturated heterocycles. The van der Waals surface area contributed by atoms with Crippen molar-refractivity contribution in [3.05, 3.63) is 41.4 Å².